The second-order valence-corrected chi connectivity index (χ2v) is 6.74. The number of likely N-dealkylation sites (tertiary alicyclic amines) is 1. The molecule has 0 atom stereocenters. The Labute approximate surface area is 157 Å². The van der Waals surface area contributed by atoms with Crippen LogP contribution in [0.15, 0.2) is 54.9 Å². The molecule has 138 valence electrons. The van der Waals surface area contributed by atoms with Crippen molar-refractivity contribution in [3.63, 3.8) is 0 Å². The average molecular weight is 363 g/mol. The number of fused-ring (bicyclic) bond motifs is 1. The van der Waals surface area contributed by atoms with Gasteiger partial charge in [0.05, 0.1) is 24.1 Å². The zero-order valence-corrected chi connectivity index (χ0v) is 15.2. The van der Waals surface area contributed by atoms with E-state index in [4.69, 9.17) is 4.74 Å². The molecular formula is C21H21N3O3. The minimum absolute atomic E-state index is 0.0190. The number of esters is 1. The summed E-state index contributed by atoms with van der Waals surface area (Å²) in [7, 11) is 1.41. The highest BCUT2D eigenvalue weighted by Crippen LogP contribution is 2.23. The van der Waals surface area contributed by atoms with Gasteiger partial charge in [0.25, 0.3) is 5.91 Å². The van der Waals surface area contributed by atoms with E-state index >= 15 is 0 Å². The molecule has 1 aliphatic heterocycles. The predicted molar refractivity (Wildman–Crippen MR) is 102 cm³/mol. The zero-order chi connectivity index (χ0) is 18.8. The molecule has 1 fully saturated rings. The Kier molecular flexibility index (Phi) is 4.62. The van der Waals surface area contributed by atoms with Gasteiger partial charge in [-0.25, -0.2) is 4.98 Å². The first-order valence-corrected chi connectivity index (χ1v) is 9.07. The van der Waals surface area contributed by atoms with Crippen molar-refractivity contribution >= 4 is 22.9 Å². The van der Waals surface area contributed by atoms with Crippen LogP contribution in [0.1, 0.15) is 23.2 Å². The average Bonchev–Trinajstić information content (AvgIpc) is 3.16. The van der Waals surface area contributed by atoms with Gasteiger partial charge in [-0.15, -0.1) is 0 Å². The Morgan fingerprint density at radius 1 is 1.07 bits per heavy atom. The lowest BCUT2D eigenvalue weighted by atomic mass is 9.96. The molecule has 0 unspecified atom stereocenters. The third kappa shape index (κ3) is 3.30. The normalized spacial score (nSPS) is 15.1. The molecule has 1 aromatic heterocycles. The Hall–Kier alpha value is -3.15. The molecule has 2 heterocycles. The van der Waals surface area contributed by atoms with Crippen molar-refractivity contribution in [3.05, 3.63) is 60.4 Å². The Balaban J connectivity index is 1.53. The SMILES string of the molecule is COC(=O)C1CCN(C(=O)c2ccc3c(c2)ncn3-c2ccccc2)CC1. The monoisotopic (exact) mass is 363 g/mol. The van der Waals surface area contributed by atoms with E-state index in [9.17, 15) is 9.59 Å². The fourth-order valence-corrected chi connectivity index (χ4v) is 3.61. The number of benzene rings is 2. The smallest absolute Gasteiger partial charge is 0.308 e. The lowest BCUT2D eigenvalue weighted by Crippen LogP contribution is -2.40. The van der Waals surface area contributed by atoms with Crippen molar-refractivity contribution in [3.8, 4) is 5.69 Å². The van der Waals surface area contributed by atoms with E-state index in [2.05, 4.69) is 4.98 Å². The number of rotatable bonds is 3. The molecule has 0 bridgehead atoms. The minimum Gasteiger partial charge on any atom is -0.469 e. The first-order valence-electron chi connectivity index (χ1n) is 9.07. The van der Waals surface area contributed by atoms with Crippen molar-refractivity contribution in [2.24, 2.45) is 5.92 Å². The maximum absolute atomic E-state index is 12.8. The summed E-state index contributed by atoms with van der Waals surface area (Å²) in [6, 6.07) is 15.6. The standard InChI is InChI=1S/C21H21N3O3/c1-27-21(26)15-9-11-23(12-10-15)20(25)16-7-8-19-18(13-16)22-14-24(19)17-5-3-2-4-6-17/h2-8,13-15H,9-12H2,1H3. The van der Waals surface area contributed by atoms with E-state index in [1.807, 2.05) is 53.1 Å². The van der Waals surface area contributed by atoms with Crippen LogP contribution in [0.2, 0.25) is 0 Å². The first-order chi connectivity index (χ1) is 13.2. The predicted octanol–water partition coefficient (Wildman–Crippen LogP) is 3.05. The van der Waals surface area contributed by atoms with Crippen LogP contribution in [0.5, 0.6) is 0 Å². The van der Waals surface area contributed by atoms with E-state index in [1.165, 1.54) is 7.11 Å². The van der Waals surface area contributed by atoms with Gasteiger partial charge in [0.1, 0.15) is 6.33 Å². The maximum atomic E-state index is 12.8. The Bertz CT molecular complexity index is 973. The number of carbonyl (C=O) groups is 2. The number of nitrogens with zero attached hydrogens (tertiary/aromatic N) is 3. The molecule has 0 N–H and O–H groups in total. The number of imidazole rings is 1. The van der Waals surface area contributed by atoms with E-state index in [0.717, 1.165) is 16.7 Å². The molecule has 4 rings (SSSR count). The van der Waals surface area contributed by atoms with Crippen molar-refractivity contribution < 1.29 is 14.3 Å². The van der Waals surface area contributed by atoms with E-state index in [1.54, 1.807) is 11.2 Å². The van der Waals surface area contributed by atoms with Crippen LogP contribution in [0.25, 0.3) is 16.7 Å². The highest BCUT2D eigenvalue weighted by Gasteiger charge is 2.28. The van der Waals surface area contributed by atoms with Gasteiger partial charge in [0.2, 0.25) is 0 Å². The second-order valence-electron chi connectivity index (χ2n) is 6.74. The second kappa shape index (κ2) is 7.23. The van der Waals surface area contributed by atoms with Gasteiger partial charge in [-0.1, -0.05) is 18.2 Å². The molecule has 0 saturated carbocycles. The van der Waals surface area contributed by atoms with Gasteiger partial charge in [0.15, 0.2) is 0 Å². The molecule has 3 aromatic rings. The molecule has 2 aromatic carbocycles. The minimum atomic E-state index is -0.185. The summed E-state index contributed by atoms with van der Waals surface area (Å²) in [5, 5.41) is 0. The van der Waals surface area contributed by atoms with Crippen LogP contribution < -0.4 is 0 Å². The van der Waals surface area contributed by atoms with Crippen LogP contribution in [0.3, 0.4) is 0 Å². The molecule has 1 amide bonds. The fraction of sp³-hybridized carbons (Fsp3) is 0.286. The van der Waals surface area contributed by atoms with E-state index in [0.29, 0.717) is 31.5 Å². The lowest BCUT2D eigenvalue weighted by Gasteiger charge is -2.30. The Morgan fingerprint density at radius 3 is 2.52 bits per heavy atom. The lowest BCUT2D eigenvalue weighted by molar-refractivity contribution is -0.146. The zero-order valence-electron chi connectivity index (χ0n) is 15.2. The molecule has 1 saturated heterocycles. The Morgan fingerprint density at radius 2 is 1.81 bits per heavy atom. The molecule has 1 aliphatic rings. The third-order valence-corrected chi connectivity index (χ3v) is 5.15. The first kappa shape index (κ1) is 17.3. The van der Waals surface area contributed by atoms with Gasteiger partial charge in [0, 0.05) is 24.3 Å². The van der Waals surface area contributed by atoms with Crippen molar-refractivity contribution in [2.45, 2.75) is 12.8 Å². The highest BCUT2D eigenvalue weighted by molar-refractivity contribution is 5.97. The van der Waals surface area contributed by atoms with Gasteiger partial charge in [-0.3, -0.25) is 14.2 Å². The van der Waals surface area contributed by atoms with Crippen molar-refractivity contribution in [1.29, 1.82) is 0 Å². The summed E-state index contributed by atoms with van der Waals surface area (Å²) < 4.78 is 6.81. The number of methoxy groups -OCH3 is 1. The topological polar surface area (TPSA) is 64.4 Å². The van der Waals surface area contributed by atoms with Crippen LogP contribution in [0.4, 0.5) is 0 Å². The quantitative estimate of drug-likeness (QED) is 0.671. The number of amides is 1. The summed E-state index contributed by atoms with van der Waals surface area (Å²) in [5.41, 5.74) is 3.40. The van der Waals surface area contributed by atoms with Crippen molar-refractivity contribution in [1.82, 2.24) is 14.5 Å². The number of aromatic nitrogens is 2. The van der Waals surface area contributed by atoms with Crippen molar-refractivity contribution in [2.75, 3.05) is 20.2 Å². The molecule has 0 radical (unpaired) electrons. The molecular weight excluding hydrogens is 342 g/mol. The number of para-hydroxylation sites is 1. The maximum Gasteiger partial charge on any atom is 0.308 e. The number of carbonyl (C=O) groups excluding carboxylic acids is 2. The van der Waals surface area contributed by atoms with Gasteiger partial charge >= 0.3 is 5.97 Å². The van der Waals surface area contributed by atoms with Gasteiger partial charge in [-0.2, -0.15) is 0 Å². The van der Waals surface area contributed by atoms with Crippen LogP contribution >= 0.6 is 0 Å². The number of hydrogen-bond donors (Lipinski definition) is 0. The number of hydrogen-bond acceptors (Lipinski definition) is 4. The van der Waals surface area contributed by atoms with E-state index in [-0.39, 0.29) is 17.8 Å². The fourth-order valence-electron chi connectivity index (χ4n) is 3.61. The van der Waals surface area contributed by atoms with E-state index < -0.39 is 0 Å². The molecule has 6 heteroatoms. The van der Waals surface area contributed by atoms with Gasteiger partial charge in [-0.05, 0) is 43.2 Å². The molecule has 6 nitrogen and oxygen atoms in total. The third-order valence-electron chi connectivity index (χ3n) is 5.15. The van der Waals surface area contributed by atoms with Gasteiger partial charge < -0.3 is 9.64 Å². The van der Waals surface area contributed by atoms with Crippen LogP contribution in [-0.4, -0.2) is 46.5 Å². The summed E-state index contributed by atoms with van der Waals surface area (Å²) in [5.74, 6) is -0.312. The van der Waals surface area contributed by atoms with Crippen LogP contribution in [-0.2, 0) is 9.53 Å². The molecule has 0 aliphatic carbocycles. The molecule has 27 heavy (non-hydrogen) atoms. The summed E-state index contributed by atoms with van der Waals surface area (Å²) >= 11 is 0. The summed E-state index contributed by atoms with van der Waals surface area (Å²) in [6.07, 6.45) is 3.06. The molecule has 0 spiro atoms. The number of piperidine rings is 1. The highest BCUT2D eigenvalue weighted by atomic mass is 16.5. The summed E-state index contributed by atoms with van der Waals surface area (Å²) in [6.45, 7) is 1.13. The number of ether oxygens (including phenoxy) is 1. The summed E-state index contributed by atoms with van der Waals surface area (Å²) in [4.78, 5) is 30.7. The largest absolute Gasteiger partial charge is 0.469 e. The van der Waals surface area contributed by atoms with Crippen LogP contribution in [0, 0.1) is 5.92 Å².